The minimum Gasteiger partial charge on any atom is -0.348 e. The minimum atomic E-state index is -0.198. The van der Waals surface area contributed by atoms with Crippen molar-refractivity contribution in [2.24, 2.45) is 7.05 Å². The van der Waals surface area contributed by atoms with E-state index in [0.717, 1.165) is 18.4 Å². The predicted molar refractivity (Wildman–Crippen MR) is 114 cm³/mol. The SMILES string of the molecule is Cc1cccn2c(=O)c3cc(C(=O)N[C@H](C)CCc4ccccc4)n(C)c3nc12. The Morgan fingerprint density at radius 2 is 1.90 bits per heavy atom. The monoisotopic (exact) mass is 388 g/mol. The number of nitrogens with one attached hydrogen (secondary N) is 1. The first-order valence-electron chi connectivity index (χ1n) is 9.78. The third-order valence-corrected chi connectivity index (χ3v) is 5.34. The summed E-state index contributed by atoms with van der Waals surface area (Å²) in [7, 11) is 1.77. The molecule has 3 heterocycles. The van der Waals surface area contributed by atoms with E-state index in [1.54, 1.807) is 23.9 Å². The first kappa shape index (κ1) is 18.9. The average Bonchev–Trinajstić information content (AvgIpc) is 3.05. The second-order valence-corrected chi connectivity index (χ2v) is 7.53. The van der Waals surface area contributed by atoms with Gasteiger partial charge in [0.15, 0.2) is 0 Å². The van der Waals surface area contributed by atoms with Crippen molar-refractivity contribution in [1.82, 2.24) is 19.3 Å². The molecule has 4 aromatic rings. The summed E-state index contributed by atoms with van der Waals surface area (Å²) in [5.74, 6) is -0.198. The van der Waals surface area contributed by atoms with E-state index in [9.17, 15) is 9.59 Å². The molecule has 0 unspecified atom stereocenters. The van der Waals surface area contributed by atoms with E-state index in [1.807, 2.05) is 44.2 Å². The quantitative estimate of drug-likeness (QED) is 0.571. The molecule has 0 saturated heterocycles. The van der Waals surface area contributed by atoms with Crippen molar-refractivity contribution in [1.29, 1.82) is 0 Å². The van der Waals surface area contributed by atoms with Crippen LogP contribution in [-0.4, -0.2) is 25.9 Å². The Bertz CT molecular complexity index is 1250. The van der Waals surface area contributed by atoms with Crippen molar-refractivity contribution in [3.05, 3.63) is 81.9 Å². The van der Waals surface area contributed by atoms with Crippen LogP contribution in [-0.2, 0) is 13.5 Å². The average molecular weight is 388 g/mol. The molecule has 6 nitrogen and oxygen atoms in total. The van der Waals surface area contributed by atoms with Crippen molar-refractivity contribution in [3.63, 3.8) is 0 Å². The van der Waals surface area contributed by atoms with Crippen LogP contribution >= 0.6 is 0 Å². The van der Waals surface area contributed by atoms with Gasteiger partial charge in [0.05, 0.1) is 5.39 Å². The number of rotatable bonds is 5. The summed E-state index contributed by atoms with van der Waals surface area (Å²) in [5.41, 5.74) is 3.55. The van der Waals surface area contributed by atoms with Gasteiger partial charge in [-0.1, -0.05) is 36.4 Å². The van der Waals surface area contributed by atoms with Crippen LogP contribution in [0.25, 0.3) is 16.7 Å². The zero-order valence-corrected chi connectivity index (χ0v) is 16.8. The number of hydrogen-bond acceptors (Lipinski definition) is 3. The Labute approximate surface area is 168 Å². The number of nitrogens with zero attached hydrogens (tertiary/aromatic N) is 3. The Morgan fingerprint density at radius 1 is 1.14 bits per heavy atom. The lowest BCUT2D eigenvalue weighted by molar-refractivity contribution is 0.0930. The van der Waals surface area contributed by atoms with E-state index in [1.165, 1.54) is 9.96 Å². The number of benzene rings is 1. The highest BCUT2D eigenvalue weighted by Crippen LogP contribution is 2.16. The number of aryl methyl sites for hydroxylation is 3. The molecule has 0 aliphatic heterocycles. The van der Waals surface area contributed by atoms with Gasteiger partial charge in [-0.05, 0) is 49.9 Å². The summed E-state index contributed by atoms with van der Waals surface area (Å²) in [5, 5.41) is 3.49. The highest BCUT2D eigenvalue weighted by molar-refractivity contribution is 5.98. The Morgan fingerprint density at radius 3 is 2.66 bits per heavy atom. The number of pyridine rings is 1. The van der Waals surface area contributed by atoms with Crippen LogP contribution in [0.2, 0.25) is 0 Å². The van der Waals surface area contributed by atoms with Gasteiger partial charge in [-0.25, -0.2) is 4.98 Å². The molecule has 1 aromatic carbocycles. The van der Waals surface area contributed by atoms with Gasteiger partial charge in [-0.2, -0.15) is 0 Å². The van der Waals surface area contributed by atoms with E-state index in [0.29, 0.717) is 22.4 Å². The molecule has 1 atom stereocenters. The topological polar surface area (TPSA) is 68.4 Å². The maximum atomic E-state index is 12.9. The molecule has 1 amide bonds. The molecule has 0 fully saturated rings. The summed E-state index contributed by atoms with van der Waals surface area (Å²) < 4.78 is 3.23. The second kappa shape index (κ2) is 7.54. The molecule has 0 spiro atoms. The highest BCUT2D eigenvalue weighted by Gasteiger charge is 2.19. The molecule has 0 saturated carbocycles. The number of carbonyl (C=O) groups is 1. The minimum absolute atomic E-state index is 0.0103. The lowest BCUT2D eigenvalue weighted by atomic mass is 10.1. The molecular formula is C23H24N4O2. The Kier molecular flexibility index (Phi) is 4.92. The van der Waals surface area contributed by atoms with E-state index in [-0.39, 0.29) is 17.5 Å². The predicted octanol–water partition coefficient (Wildman–Crippen LogP) is 3.25. The van der Waals surface area contributed by atoms with Gasteiger partial charge >= 0.3 is 0 Å². The normalized spacial score (nSPS) is 12.4. The van der Waals surface area contributed by atoms with Crippen molar-refractivity contribution in [2.75, 3.05) is 0 Å². The molecule has 3 aromatic heterocycles. The largest absolute Gasteiger partial charge is 0.348 e. The van der Waals surface area contributed by atoms with Gasteiger partial charge in [0.1, 0.15) is 17.0 Å². The molecule has 148 valence electrons. The maximum Gasteiger partial charge on any atom is 0.268 e. The van der Waals surface area contributed by atoms with Gasteiger partial charge in [0, 0.05) is 19.3 Å². The highest BCUT2D eigenvalue weighted by atomic mass is 16.2. The third kappa shape index (κ3) is 3.53. The van der Waals surface area contributed by atoms with Gasteiger partial charge in [-0.3, -0.25) is 14.0 Å². The number of aromatic nitrogens is 3. The first-order valence-corrected chi connectivity index (χ1v) is 9.78. The number of carbonyl (C=O) groups excluding carboxylic acids is 1. The van der Waals surface area contributed by atoms with Crippen LogP contribution in [0.3, 0.4) is 0 Å². The smallest absolute Gasteiger partial charge is 0.268 e. The van der Waals surface area contributed by atoms with Gasteiger partial charge in [-0.15, -0.1) is 0 Å². The van der Waals surface area contributed by atoms with Gasteiger partial charge in [0.25, 0.3) is 11.5 Å². The zero-order chi connectivity index (χ0) is 20.5. The van der Waals surface area contributed by atoms with E-state index in [2.05, 4.69) is 22.4 Å². The second-order valence-electron chi connectivity index (χ2n) is 7.53. The van der Waals surface area contributed by atoms with Crippen LogP contribution in [0.5, 0.6) is 0 Å². The molecule has 0 radical (unpaired) electrons. The molecule has 0 bridgehead atoms. The van der Waals surface area contributed by atoms with E-state index in [4.69, 9.17) is 0 Å². The van der Waals surface area contributed by atoms with Gasteiger partial charge in [0.2, 0.25) is 0 Å². The molecule has 0 aliphatic rings. The Balaban J connectivity index is 1.60. The first-order chi connectivity index (χ1) is 14.0. The lowest BCUT2D eigenvalue weighted by Gasteiger charge is -2.14. The molecule has 6 heteroatoms. The van der Waals surface area contributed by atoms with E-state index >= 15 is 0 Å². The van der Waals surface area contributed by atoms with Crippen molar-refractivity contribution < 1.29 is 4.79 Å². The summed E-state index contributed by atoms with van der Waals surface area (Å²) in [4.78, 5) is 30.4. The van der Waals surface area contributed by atoms with Crippen LogP contribution in [0.15, 0.2) is 59.5 Å². The molecule has 29 heavy (non-hydrogen) atoms. The number of hydrogen-bond donors (Lipinski definition) is 1. The standard InChI is InChI=1S/C23H24N4O2/c1-15-8-7-13-27-20(15)25-21-18(23(27)29)14-19(26(21)3)22(28)24-16(2)11-12-17-9-5-4-6-10-17/h4-10,13-14,16H,11-12H2,1-3H3,(H,24,28)/t16-/m1/s1. The lowest BCUT2D eigenvalue weighted by Crippen LogP contribution is -2.34. The van der Waals surface area contributed by atoms with Gasteiger partial charge < -0.3 is 9.88 Å². The molecule has 0 aliphatic carbocycles. The van der Waals surface area contributed by atoms with Crippen LogP contribution in [0, 0.1) is 6.92 Å². The fourth-order valence-electron chi connectivity index (χ4n) is 3.65. The summed E-state index contributed by atoms with van der Waals surface area (Å²) in [6.45, 7) is 3.91. The zero-order valence-electron chi connectivity index (χ0n) is 16.8. The fraction of sp³-hybridized carbons (Fsp3) is 0.261. The summed E-state index contributed by atoms with van der Waals surface area (Å²) >= 11 is 0. The number of fused-ring (bicyclic) bond motifs is 2. The van der Waals surface area contributed by atoms with Crippen LogP contribution < -0.4 is 10.9 Å². The summed E-state index contributed by atoms with van der Waals surface area (Å²) in [6, 6.07) is 15.6. The Hall–Kier alpha value is -3.41. The van der Waals surface area contributed by atoms with E-state index < -0.39 is 0 Å². The van der Waals surface area contributed by atoms with Crippen molar-refractivity contribution in [2.45, 2.75) is 32.7 Å². The molecular weight excluding hydrogens is 364 g/mol. The van der Waals surface area contributed by atoms with Crippen LogP contribution in [0.1, 0.15) is 35.0 Å². The van der Waals surface area contributed by atoms with Crippen LogP contribution in [0.4, 0.5) is 0 Å². The summed E-state index contributed by atoms with van der Waals surface area (Å²) in [6.07, 6.45) is 3.43. The molecule has 4 rings (SSSR count). The fourth-order valence-corrected chi connectivity index (χ4v) is 3.65. The molecule has 1 N–H and O–H groups in total. The van der Waals surface area contributed by atoms with Crippen molar-refractivity contribution in [3.8, 4) is 0 Å². The third-order valence-electron chi connectivity index (χ3n) is 5.34. The van der Waals surface area contributed by atoms with Crippen molar-refractivity contribution >= 4 is 22.6 Å². The number of amides is 1. The maximum absolute atomic E-state index is 12.9.